The Kier molecular flexibility index (Phi) is 8.95. The lowest BCUT2D eigenvalue weighted by atomic mass is 9.77. The highest BCUT2D eigenvalue weighted by Crippen LogP contribution is 2.47. The molecule has 0 saturated carbocycles. The minimum Gasteiger partial charge on any atom is -0.399 e. The molecule has 2 saturated heterocycles. The molecule has 0 aliphatic carbocycles. The van der Waals surface area contributed by atoms with Gasteiger partial charge in [0.2, 0.25) is 0 Å². The van der Waals surface area contributed by atoms with Crippen LogP contribution in [-0.2, 0) is 28.2 Å². The van der Waals surface area contributed by atoms with Gasteiger partial charge in [-0.15, -0.1) is 0 Å². The average molecular weight is 628 g/mol. The molecule has 0 atom stereocenters. The number of benzene rings is 2. The van der Waals surface area contributed by atoms with Gasteiger partial charge >= 0.3 is 14.2 Å². The van der Waals surface area contributed by atoms with Crippen molar-refractivity contribution in [3.05, 3.63) is 47.5 Å². The lowest BCUT2D eigenvalue weighted by molar-refractivity contribution is -0.114. The Morgan fingerprint density at radius 2 is 0.870 bits per heavy atom. The molecular weight excluding hydrogens is 578 g/mol. The summed E-state index contributed by atoms with van der Waals surface area (Å²) >= 11 is 0. The van der Waals surface area contributed by atoms with E-state index in [0.29, 0.717) is 24.2 Å². The zero-order valence-electron chi connectivity index (χ0n) is 29.8. The normalized spacial score (nSPS) is 23.6. The van der Waals surface area contributed by atoms with Gasteiger partial charge in [0.15, 0.2) is 0 Å². The lowest BCUT2D eigenvalue weighted by Gasteiger charge is -2.32. The van der Waals surface area contributed by atoms with Crippen LogP contribution in [0.25, 0.3) is 11.1 Å². The molecule has 0 spiro atoms. The molecule has 0 radical (unpaired) electrons. The summed E-state index contributed by atoms with van der Waals surface area (Å²) in [6.45, 7) is 25.4. The van der Waals surface area contributed by atoms with E-state index in [-0.39, 0.29) is 11.8 Å². The van der Waals surface area contributed by atoms with E-state index in [1.54, 1.807) is 9.80 Å². The summed E-state index contributed by atoms with van der Waals surface area (Å²) in [5.41, 5.74) is 3.74. The van der Waals surface area contributed by atoms with Crippen molar-refractivity contribution >= 4 is 59.5 Å². The molecule has 0 N–H and O–H groups in total. The number of anilines is 2. The summed E-state index contributed by atoms with van der Waals surface area (Å²) in [6, 6.07) is 11.8. The second-order valence-electron chi connectivity index (χ2n) is 14.4. The van der Waals surface area contributed by atoms with Crippen molar-refractivity contribution in [2.45, 2.75) is 118 Å². The van der Waals surface area contributed by atoms with Gasteiger partial charge in [-0.2, -0.15) is 0 Å². The molecule has 0 bridgehead atoms. The highest BCUT2D eigenvalue weighted by Gasteiger charge is 2.53. The largest absolute Gasteiger partial charge is 0.494 e. The van der Waals surface area contributed by atoms with Crippen LogP contribution in [0.3, 0.4) is 0 Å². The van der Waals surface area contributed by atoms with Crippen molar-refractivity contribution in [1.29, 1.82) is 0 Å². The SMILES string of the molecule is CC.CCCN1C(=O)/C(=C2/C(=O)N(CCC)c3cc(B4OC(C)(C)C(C)(C)O4)ccc32)c2ccc(B3OC(C)(C)C(C)(C)O3)cc21. The molecule has 4 aliphatic heterocycles. The first-order chi connectivity index (χ1) is 21.5. The molecule has 4 aliphatic rings. The van der Waals surface area contributed by atoms with Crippen molar-refractivity contribution in [3.63, 3.8) is 0 Å². The van der Waals surface area contributed by atoms with E-state index in [1.807, 2.05) is 119 Å². The van der Waals surface area contributed by atoms with Crippen molar-refractivity contribution in [3.8, 4) is 0 Å². The summed E-state index contributed by atoms with van der Waals surface area (Å²) in [5.74, 6) is -0.314. The van der Waals surface area contributed by atoms with Crippen LogP contribution < -0.4 is 20.7 Å². The van der Waals surface area contributed by atoms with Gasteiger partial charge in [0.05, 0.1) is 44.9 Å². The molecule has 10 heteroatoms. The molecule has 2 fully saturated rings. The van der Waals surface area contributed by atoms with Gasteiger partial charge in [-0.1, -0.05) is 52.0 Å². The fourth-order valence-corrected chi connectivity index (χ4v) is 6.31. The Balaban J connectivity index is 0.00000204. The molecule has 8 nitrogen and oxygen atoms in total. The van der Waals surface area contributed by atoms with E-state index >= 15 is 0 Å². The Morgan fingerprint density at radius 3 is 1.15 bits per heavy atom. The summed E-state index contributed by atoms with van der Waals surface area (Å²) in [4.78, 5) is 32.0. The van der Waals surface area contributed by atoms with E-state index in [2.05, 4.69) is 0 Å². The highest BCUT2D eigenvalue weighted by atomic mass is 16.7. The second kappa shape index (κ2) is 12.0. The van der Waals surface area contributed by atoms with E-state index < -0.39 is 36.6 Å². The van der Waals surface area contributed by atoms with Crippen LogP contribution in [-0.4, -0.2) is 61.5 Å². The number of carbonyl (C=O) groups excluding carboxylic acids is 2. The second-order valence-corrected chi connectivity index (χ2v) is 14.4. The van der Waals surface area contributed by atoms with Gasteiger partial charge in [0.25, 0.3) is 11.8 Å². The number of nitrogens with zero attached hydrogens (tertiary/aromatic N) is 2. The van der Waals surface area contributed by atoms with Gasteiger partial charge in [0, 0.05) is 24.2 Å². The lowest BCUT2D eigenvalue weighted by Crippen LogP contribution is -2.41. The first-order valence-electron chi connectivity index (χ1n) is 16.9. The first kappa shape index (κ1) is 34.4. The maximum Gasteiger partial charge on any atom is 0.494 e. The molecule has 46 heavy (non-hydrogen) atoms. The Bertz CT molecular complexity index is 1430. The van der Waals surface area contributed by atoms with Gasteiger partial charge < -0.3 is 28.4 Å². The van der Waals surface area contributed by atoms with Crippen LogP contribution in [0, 0.1) is 0 Å². The monoisotopic (exact) mass is 628 g/mol. The number of hydrogen-bond acceptors (Lipinski definition) is 6. The smallest absolute Gasteiger partial charge is 0.399 e. The molecular formula is C36H50B2N2O6. The topological polar surface area (TPSA) is 77.5 Å². The Morgan fingerprint density at radius 1 is 0.565 bits per heavy atom. The van der Waals surface area contributed by atoms with Crippen LogP contribution in [0.5, 0.6) is 0 Å². The van der Waals surface area contributed by atoms with E-state index in [1.165, 1.54) is 0 Å². The number of amides is 2. The summed E-state index contributed by atoms with van der Waals surface area (Å²) in [6.07, 6.45) is 1.55. The minimum absolute atomic E-state index is 0.157. The molecule has 246 valence electrons. The van der Waals surface area contributed by atoms with E-state index in [9.17, 15) is 9.59 Å². The molecule has 2 amide bonds. The standard InChI is InChI=1S/C34H44B2N2O6.C2H6/c1-11-17-37-25-19-21(35-41-31(3,4)32(5,6)42-35)13-15-23(25)27(29(37)39)28-24-16-14-22(20-26(24)38(18-12-2)30(28)40)36-43-33(7,8)34(9,10)44-36;1-2/h13-16,19-20H,11-12,17-18H2,1-10H3;1-2H3/b28-27+;. The maximum absolute atomic E-state index is 14.2. The van der Waals surface area contributed by atoms with Crippen molar-refractivity contribution < 1.29 is 28.2 Å². The molecule has 4 heterocycles. The molecule has 0 unspecified atom stereocenters. The fraction of sp³-hybridized carbons (Fsp3) is 0.556. The Labute approximate surface area is 276 Å². The summed E-state index contributed by atoms with van der Waals surface area (Å²) in [7, 11) is -1.11. The number of rotatable bonds is 6. The average Bonchev–Trinajstić information content (AvgIpc) is 3.58. The molecule has 6 rings (SSSR count). The molecule has 0 aromatic heterocycles. The Hall–Kier alpha value is -2.91. The summed E-state index contributed by atoms with van der Waals surface area (Å²) < 4.78 is 25.3. The zero-order valence-corrected chi connectivity index (χ0v) is 29.8. The third-order valence-corrected chi connectivity index (χ3v) is 10.3. The fourth-order valence-electron chi connectivity index (χ4n) is 6.31. The quantitative estimate of drug-likeness (QED) is 0.300. The van der Waals surface area contributed by atoms with Crippen LogP contribution in [0.2, 0.25) is 0 Å². The van der Waals surface area contributed by atoms with Gasteiger partial charge in [-0.25, -0.2) is 0 Å². The van der Waals surface area contributed by atoms with E-state index in [0.717, 1.165) is 46.3 Å². The van der Waals surface area contributed by atoms with Crippen LogP contribution in [0.4, 0.5) is 11.4 Å². The summed E-state index contributed by atoms with van der Waals surface area (Å²) in [5, 5.41) is 0. The number of hydrogen-bond donors (Lipinski definition) is 0. The number of fused-ring (bicyclic) bond motifs is 2. The third kappa shape index (κ3) is 5.35. The van der Waals surface area contributed by atoms with Gasteiger partial charge in [-0.05, 0) is 91.3 Å². The van der Waals surface area contributed by atoms with Gasteiger partial charge in [0.1, 0.15) is 0 Å². The van der Waals surface area contributed by atoms with Crippen LogP contribution in [0.1, 0.15) is 107 Å². The van der Waals surface area contributed by atoms with Crippen LogP contribution >= 0.6 is 0 Å². The highest BCUT2D eigenvalue weighted by molar-refractivity contribution is 6.63. The van der Waals surface area contributed by atoms with Gasteiger partial charge in [-0.3, -0.25) is 9.59 Å². The minimum atomic E-state index is -0.553. The third-order valence-electron chi connectivity index (χ3n) is 10.3. The van der Waals surface area contributed by atoms with E-state index in [4.69, 9.17) is 18.6 Å². The van der Waals surface area contributed by atoms with Crippen LogP contribution in [0.15, 0.2) is 36.4 Å². The predicted molar refractivity (Wildman–Crippen MR) is 188 cm³/mol. The van der Waals surface area contributed by atoms with Crippen molar-refractivity contribution in [1.82, 2.24) is 0 Å². The first-order valence-corrected chi connectivity index (χ1v) is 16.9. The maximum atomic E-state index is 14.2. The number of carbonyl (C=O) groups is 2. The predicted octanol–water partition coefficient (Wildman–Crippen LogP) is 5.74. The molecule has 2 aromatic carbocycles. The molecule has 2 aromatic rings. The zero-order chi connectivity index (χ0) is 34.0. The van der Waals surface area contributed by atoms with Crippen molar-refractivity contribution in [2.75, 3.05) is 22.9 Å². The van der Waals surface area contributed by atoms with Crippen molar-refractivity contribution in [2.24, 2.45) is 0 Å².